The second-order valence-corrected chi connectivity index (χ2v) is 7.64. The summed E-state index contributed by atoms with van der Waals surface area (Å²) in [6, 6.07) is 4.77. The zero-order valence-electron chi connectivity index (χ0n) is 16.2. The standard InChI is InChI=1S/C20H18ClF3N6O/c21-14-3-2-11(8-13(14)20(22,23)24)15(9-30-6-1-7-30)29-19-17-16(27-10-28-19)12(18(25)31)4-5-26-17/h2-5,8,10,15H,1,6-7,9H2,(H2,25,31)(H,27,28,29). The molecule has 1 fully saturated rings. The highest BCUT2D eigenvalue weighted by molar-refractivity contribution is 6.31. The van der Waals surface area contributed by atoms with Gasteiger partial charge in [0.1, 0.15) is 17.4 Å². The lowest BCUT2D eigenvalue weighted by atomic mass is 10.0. The molecule has 1 aliphatic heterocycles. The molecule has 0 bridgehead atoms. The largest absolute Gasteiger partial charge is 0.417 e. The van der Waals surface area contributed by atoms with E-state index in [2.05, 4.69) is 25.2 Å². The minimum atomic E-state index is -4.58. The van der Waals surface area contributed by atoms with Crippen LogP contribution < -0.4 is 11.1 Å². The second-order valence-electron chi connectivity index (χ2n) is 7.23. The maximum atomic E-state index is 13.4. The summed E-state index contributed by atoms with van der Waals surface area (Å²) < 4.78 is 40.2. The Morgan fingerprint density at radius 1 is 1.19 bits per heavy atom. The molecule has 3 N–H and O–H groups in total. The number of nitrogens with one attached hydrogen (secondary N) is 1. The van der Waals surface area contributed by atoms with Crippen LogP contribution >= 0.6 is 11.6 Å². The fourth-order valence-electron chi connectivity index (χ4n) is 3.47. The lowest BCUT2D eigenvalue weighted by molar-refractivity contribution is -0.137. The molecule has 11 heteroatoms. The molecule has 0 spiro atoms. The van der Waals surface area contributed by atoms with Crippen molar-refractivity contribution in [1.82, 2.24) is 19.9 Å². The number of fused-ring (bicyclic) bond motifs is 1. The Balaban J connectivity index is 1.75. The van der Waals surface area contributed by atoms with Gasteiger partial charge in [0.25, 0.3) is 5.91 Å². The van der Waals surface area contributed by atoms with Gasteiger partial charge in [0.05, 0.1) is 22.2 Å². The van der Waals surface area contributed by atoms with Crippen LogP contribution in [0.1, 0.15) is 33.9 Å². The summed E-state index contributed by atoms with van der Waals surface area (Å²) >= 11 is 5.79. The SMILES string of the molecule is NC(=O)c1ccnc2c(NC(CN3CCC3)c3ccc(Cl)c(C(F)(F)F)c3)ncnc12. The van der Waals surface area contributed by atoms with E-state index < -0.39 is 23.7 Å². The average molecular weight is 451 g/mol. The molecule has 2 aromatic heterocycles. The molecule has 0 aliphatic carbocycles. The predicted molar refractivity (Wildman–Crippen MR) is 110 cm³/mol. The van der Waals surface area contributed by atoms with Crippen molar-refractivity contribution >= 4 is 34.4 Å². The number of pyridine rings is 1. The number of likely N-dealkylation sites (tertiary alicyclic amines) is 1. The Morgan fingerprint density at radius 2 is 1.97 bits per heavy atom. The Labute approximate surface area is 180 Å². The van der Waals surface area contributed by atoms with Crippen LogP contribution in [0, 0.1) is 0 Å². The molecular weight excluding hydrogens is 433 g/mol. The van der Waals surface area contributed by atoms with Gasteiger partial charge < -0.3 is 16.0 Å². The third-order valence-electron chi connectivity index (χ3n) is 5.19. The van der Waals surface area contributed by atoms with Crippen molar-refractivity contribution in [2.75, 3.05) is 25.0 Å². The van der Waals surface area contributed by atoms with E-state index in [-0.39, 0.29) is 16.1 Å². The molecule has 31 heavy (non-hydrogen) atoms. The number of anilines is 1. The maximum absolute atomic E-state index is 13.4. The zero-order valence-corrected chi connectivity index (χ0v) is 16.9. The minimum absolute atomic E-state index is 0.181. The molecule has 7 nitrogen and oxygen atoms in total. The lowest BCUT2D eigenvalue weighted by Gasteiger charge is -2.35. The molecule has 1 aliphatic rings. The van der Waals surface area contributed by atoms with Crippen LogP contribution in [-0.2, 0) is 6.18 Å². The number of rotatable bonds is 6. The number of amides is 1. The summed E-state index contributed by atoms with van der Waals surface area (Å²) in [7, 11) is 0. The third kappa shape index (κ3) is 4.40. The number of nitrogens with zero attached hydrogens (tertiary/aromatic N) is 4. The van der Waals surface area contributed by atoms with E-state index in [9.17, 15) is 18.0 Å². The van der Waals surface area contributed by atoms with Gasteiger partial charge in [-0.3, -0.25) is 9.78 Å². The van der Waals surface area contributed by atoms with Crippen molar-refractivity contribution in [2.45, 2.75) is 18.6 Å². The number of benzene rings is 1. The monoisotopic (exact) mass is 450 g/mol. The summed E-state index contributed by atoms with van der Waals surface area (Å²) in [6.45, 7) is 2.17. The average Bonchev–Trinajstić information content (AvgIpc) is 2.68. The number of hydrogen-bond acceptors (Lipinski definition) is 6. The molecule has 1 amide bonds. The highest BCUT2D eigenvalue weighted by atomic mass is 35.5. The summed E-state index contributed by atoms with van der Waals surface area (Å²) in [5, 5.41) is 2.82. The summed E-state index contributed by atoms with van der Waals surface area (Å²) in [4.78, 5) is 26.4. The number of aromatic nitrogens is 3. The molecule has 3 heterocycles. The highest BCUT2D eigenvalue weighted by Crippen LogP contribution is 2.37. The van der Waals surface area contributed by atoms with Gasteiger partial charge in [0.15, 0.2) is 5.82 Å². The first-order chi connectivity index (χ1) is 14.7. The Morgan fingerprint density at radius 3 is 2.61 bits per heavy atom. The fraction of sp³-hybridized carbons (Fsp3) is 0.300. The van der Waals surface area contributed by atoms with Crippen molar-refractivity contribution in [3.8, 4) is 0 Å². The van der Waals surface area contributed by atoms with E-state index in [1.54, 1.807) is 6.07 Å². The first-order valence-electron chi connectivity index (χ1n) is 9.49. The van der Waals surface area contributed by atoms with Crippen molar-refractivity contribution in [1.29, 1.82) is 0 Å². The fourth-order valence-corrected chi connectivity index (χ4v) is 3.69. The van der Waals surface area contributed by atoms with E-state index >= 15 is 0 Å². The molecule has 1 saturated heterocycles. The van der Waals surface area contributed by atoms with Crippen LogP contribution in [0.4, 0.5) is 19.0 Å². The number of hydrogen-bond donors (Lipinski definition) is 2. The minimum Gasteiger partial charge on any atom is -0.366 e. The highest BCUT2D eigenvalue weighted by Gasteiger charge is 2.34. The van der Waals surface area contributed by atoms with Gasteiger partial charge in [-0.05, 0) is 43.3 Å². The van der Waals surface area contributed by atoms with Crippen molar-refractivity contribution < 1.29 is 18.0 Å². The van der Waals surface area contributed by atoms with Gasteiger partial charge in [0.2, 0.25) is 0 Å². The predicted octanol–water partition coefficient (Wildman–Crippen LogP) is 3.65. The van der Waals surface area contributed by atoms with Crippen LogP contribution in [0.5, 0.6) is 0 Å². The molecule has 1 aromatic carbocycles. The van der Waals surface area contributed by atoms with E-state index in [0.717, 1.165) is 25.6 Å². The lowest BCUT2D eigenvalue weighted by Crippen LogP contribution is -2.41. The van der Waals surface area contributed by atoms with E-state index in [1.165, 1.54) is 24.7 Å². The van der Waals surface area contributed by atoms with Crippen molar-refractivity contribution in [3.05, 3.63) is 58.5 Å². The normalized spacial score (nSPS) is 15.5. The topological polar surface area (TPSA) is 97.0 Å². The number of carbonyl (C=O) groups excluding carboxylic acids is 1. The van der Waals surface area contributed by atoms with Crippen molar-refractivity contribution in [3.63, 3.8) is 0 Å². The number of primary amides is 1. The van der Waals surface area contributed by atoms with Crippen LogP contribution in [0.25, 0.3) is 11.0 Å². The second kappa shape index (κ2) is 8.27. The molecule has 0 radical (unpaired) electrons. The van der Waals surface area contributed by atoms with Gasteiger partial charge >= 0.3 is 6.18 Å². The quantitative estimate of drug-likeness (QED) is 0.595. The number of nitrogens with two attached hydrogens (primary N) is 1. The number of alkyl halides is 3. The first kappa shape index (κ1) is 21.3. The molecule has 162 valence electrons. The van der Waals surface area contributed by atoms with Crippen LogP contribution in [0.3, 0.4) is 0 Å². The smallest absolute Gasteiger partial charge is 0.366 e. The molecule has 1 atom stereocenters. The number of carbonyl (C=O) groups is 1. The van der Waals surface area contributed by atoms with Crippen molar-refractivity contribution in [2.24, 2.45) is 5.73 Å². The number of halogens is 4. The van der Waals surface area contributed by atoms with Gasteiger partial charge in [-0.1, -0.05) is 17.7 Å². The first-order valence-corrected chi connectivity index (χ1v) is 9.87. The third-order valence-corrected chi connectivity index (χ3v) is 5.52. The van der Waals surface area contributed by atoms with E-state index in [0.29, 0.717) is 23.4 Å². The van der Waals surface area contributed by atoms with Crippen LogP contribution in [0.15, 0.2) is 36.8 Å². The van der Waals surface area contributed by atoms with Crippen LogP contribution in [-0.4, -0.2) is 45.4 Å². The molecular formula is C20H18ClF3N6O. The maximum Gasteiger partial charge on any atom is 0.417 e. The zero-order chi connectivity index (χ0) is 22.2. The Hall–Kier alpha value is -2.98. The molecule has 3 aromatic rings. The van der Waals surface area contributed by atoms with Gasteiger partial charge in [-0.15, -0.1) is 0 Å². The molecule has 4 rings (SSSR count). The van der Waals surface area contributed by atoms with Gasteiger partial charge in [-0.2, -0.15) is 13.2 Å². The van der Waals surface area contributed by atoms with E-state index in [4.69, 9.17) is 17.3 Å². The Bertz CT molecular complexity index is 1140. The van der Waals surface area contributed by atoms with Gasteiger partial charge in [-0.25, -0.2) is 9.97 Å². The summed E-state index contributed by atoms with van der Waals surface area (Å²) in [6.07, 6.45) is -0.886. The summed E-state index contributed by atoms with van der Waals surface area (Å²) in [5.74, 6) is -0.371. The molecule has 0 saturated carbocycles. The van der Waals surface area contributed by atoms with E-state index in [1.807, 2.05) is 0 Å². The van der Waals surface area contributed by atoms with Gasteiger partial charge in [0, 0.05) is 12.7 Å². The summed E-state index contributed by atoms with van der Waals surface area (Å²) in [5.41, 5.74) is 5.67. The van der Waals surface area contributed by atoms with Crippen LogP contribution in [0.2, 0.25) is 5.02 Å². The molecule has 1 unspecified atom stereocenters. The Kier molecular flexibility index (Phi) is 5.67.